The maximum Gasteiger partial charge on any atom is 0.334 e. The van der Waals surface area contributed by atoms with Gasteiger partial charge in [-0.25, -0.2) is 14.4 Å². The number of hydrogen-bond acceptors (Lipinski definition) is 7. The van der Waals surface area contributed by atoms with E-state index >= 15 is 0 Å². The molecule has 3 aliphatic heterocycles. The maximum atomic E-state index is 12.6. The topological polar surface area (TPSA) is 134 Å². The van der Waals surface area contributed by atoms with Crippen LogP contribution in [0.3, 0.4) is 0 Å². The molecule has 39 heavy (non-hydrogen) atoms. The SMILES string of the molecule is CC1=C(C(=O)O)C(c2cccc(NC(=O)NCCCN3CCC(N4CCSCC4)CC3)c2)C(C(=O)O)=C(C)N1. The Bertz CT molecular complexity index is 1100. The molecule has 2 saturated heterocycles. The fraction of sp³-hybridized carbons (Fsp3) is 0.536. The van der Waals surface area contributed by atoms with E-state index in [1.807, 2.05) is 11.8 Å². The number of carbonyl (C=O) groups is 3. The van der Waals surface area contributed by atoms with Gasteiger partial charge in [0.1, 0.15) is 0 Å². The molecule has 3 heterocycles. The lowest BCUT2D eigenvalue weighted by Gasteiger charge is -2.40. The summed E-state index contributed by atoms with van der Waals surface area (Å²) in [6.07, 6.45) is 3.27. The highest BCUT2D eigenvalue weighted by Crippen LogP contribution is 2.39. The Hall–Kier alpha value is -3.02. The van der Waals surface area contributed by atoms with Gasteiger partial charge in [-0.15, -0.1) is 0 Å². The second-order valence-corrected chi connectivity index (χ2v) is 11.6. The number of amides is 2. The molecule has 10 nitrogen and oxygen atoms in total. The molecule has 2 amide bonds. The number of hydrogen-bond donors (Lipinski definition) is 5. The normalized spacial score (nSPS) is 20.1. The Morgan fingerprint density at radius 3 is 2.26 bits per heavy atom. The molecule has 0 atom stereocenters. The predicted molar refractivity (Wildman–Crippen MR) is 153 cm³/mol. The average Bonchev–Trinajstić information content (AvgIpc) is 2.91. The maximum absolute atomic E-state index is 12.6. The molecule has 0 aromatic heterocycles. The highest BCUT2D eigenvalue weighted by atomic mass is 32.2. The number of nitrogens with one attached hydrogen (secondary N) is 3. The second-order valence-electron chi connectivity index (χ2n) is 10.3. The summed E-state index contributed by atoms with van der Waals surface area (Å²) >= 11 is 2.05. The molecule has 1 aromatic rings. The Labute approximate surface area is 233 Å². The summed E-state index contributed by atoms with van der Waals surface area (Å²) < 4.78 is 0. The molecule has 212 valence electrons. The first kappa shape index (κ1) is 29.0. The van der Waals surface area contributed by atoms with E-state index in [-0.39, 0.29) is 17.2 Å². The molecule has 0 aliphatic carbocycles. The number of anilines is 1. The van der Waals surface area contributed by atoms with Crippen LogP contribution in [0.2, 0.25) is 0 Å². The Kier molecular flexibility index (Phi) is 9.93. The van der Waals surface area contributed by atoms with Gasteiger partial charge in [0, 0.05) is 54.3 Å². The number of likely N-dealkylation sites (tertiary alicyclic amines) is 1. The first-order valence-corrected chi connectivity index (χ1v) is 14.7. The lowest BCUT2D eigenvalue weighted by molar-refractivity contribution is -0.133. The van der Waals surface area contributed by atoms with Gasteiger partial charge in [-0.2, -0.15) is 11.8 Å². The minimum Gasteiger partial charge on any atom is -0.478 e. The quantitative estimate of drug-likeness (QED) is 0.290. The van der Waals surface area contributed by atoms with Gasteiger partial charge in [0.15, 0.2) is 0 Å². The molecule has 5 N–H and O–H groups in total. The van der Waals surface area contributed by atoms with Crippen molar-refractivity contribution < 1.29 is 24.6 Å². The highest BCUT2D eigenvalue weighted by Gasteiger charge is 2.36. The minimum atomic E-state index is -1.19. The van der Waals surface area contributed by atoms with Crippen LogP contribution in [-0.2, 0) is 9.59 Å². The molecule has 0 spiro atoms. The van der Waals surface area contributed by atoms with E-state index in [0.717, 1.165) is 26.1 Å². The van der Waals surface area contributed by atoms with E-state index in [9.17, 15) is 24.6 Å². The average molecular weight is 558 g/mol. The Morgan fingerprint density at radius 2 is 1.64 bits per heavy atom. The number of carbonyl (C=O) groups excluding carboxylic acids is 1. The van der Waals surface area contributed by atoms with E-state index < -0.39 is 17.9 Å². The van der Waals surface area contributed by atoms with Gasteiger partial charge in [-0.1, -0.05) is 12.1 Å². The van der Waals surface area contributed by atoms with Gasteiger partial charge in [-0.3, -0.25) is 4.90 Å². The molecule has 0 radical (unpaired) electrons. The van der Waals surface area contributed by atoms with Gasteiger partial charge in [0.25, 0.3) is 0 Å². The summed E-state index contributed by atoms with van der Waals surface area (Å²) in [6.45, 7) is 9.34. The lowest BCUT2D eigenvalue weighted by Crippen LogP contribution is -2.48. The third-order valence-electron chi connectivity index (χ3n) is 7.75. The van der Waals surface area contributed by atoms with Crippen LogP contribution in [0.4, 0.5) is 10.5 Å². The summed E-state index contributed by atoms with van der Waals surface area (Å²) in [4.78, 5) is 41.8. The van der Waals surface area contributed by atoms with Crippen molar-refractivity contribution in [2.45, 2.75) is 45.1 Å². The summed E-state index contributed by atoms with van der Waals surface area (Å²) in [5, 5.41) is 28.2. The number of thioether (sulfide) groups is 1. The molecule has 1 aromatic carbocycles. The third kappa shape index (κ3) is 7.34. The molecule has 0 bridgehead atoms. The number of rotatable bonds is 9. The monoisotopic (exact) mass is 557 g/mol. The van der Waals surface area contributed by atoms with Crippen LogP contribution in [0.5, 0.6) is 0 Å². The molecular formula is C28H39N5O5S. The van der Waals surface area contributed by atoms with Crippen molar-refractivity contribution in [1.82, 2.24) is 20.4 Å². The number of carboxylic acids is 2. The van der Waals surface area contributed by atoms with Crippen molar-refractivity contribution in [3.05, 3.63) is 52.4 Å². The first-order valence-electron chi connectivity index (χ1n) is 13.6. The number of carboxylic acid groups (broad SMARTS) is 2. The van der Waals surface area contributed by atoms with E-state index in [1.165, 1.54) is 37.4 Å². The van der Waals surface area contributed by atoms with E-state index in [0.29, 0.717) is 35.2 Å². The van der Waals surface area contributed by atoms with Crippen molar-refractivity contribution in [3.63, 3.8) is 0 Å². The zero-order chi connectivity index (χ0) is 27.9. The molecular weight excluding hydrogens is 518 g/mol. The number of nitrogens with zero attached hydrogens (tertiary/aromatic N) is 2. The van der Waals surface area contributed by atoms with E-state index in [4.69, 9.17) is 0 Å². The van der Waals surface area contributed by atoms with E-state index in [2.05, 4.69) is 25.8 Å². The summed E-state index contributed by atoms with van der Waals surface area (Å²) in [7, 11) is 0. The van der Waals surface area contributed by atoms with Gasteiger partial charge in [-0.05, 0) is 70.4 Å². The van der Waals surface area contributed by atoms with Gasteiger partial charge in [0.2, 0.25) is 0 Å². The van der Waals surface area contributed by atoms with Gasteiger partial charge < -0.3 is 31.1 Å². The Balaban J connectivity index is 1.28. The lowest BCUT2D eigenvalue weighted by atomic mass is 9.80. The number of dihydropyridines is 1. The third-order valence-corrected chi connectivity index (χ3v) is 8.70. The Morgan fingerprint density at radius 1 is 1.00 bits per heavy atom. The number of urea groups is 1. The van der Waals surface area contributed by atoms with Crippen LogP contribution in [0, 0.1) is 0 Å². The molecule has 2 fully saturated rings. The molecule has 0 saturated carbocycles. The predicted octanol–water partition coefficient (Wildman–Crippen LogP) is 3.12. The van der Waals surface area contributed by atoms with Crippen molar-refractivity contribution in [2.24, 2.45) is 0 Å². The van der Waals surface area contributed by atoms with Crippen molar-refractivity contribution >= 4 is 35.4 Å². The van der Waals surface area contributed by atoms with Crippen LogP contribution < -0.4 is 16.0 Å². The van der Waals surface area contributed by atoms with Gasteiger partial charge in [0.05, 0.1) is 17.1 Å². The summed E-state index contributed by atoms with van der Waals surface area (Å²) in [5.41, 5.74) is 1.67. The van der Waals surface area contributed by atoms with Crippen LogP contribution in [0.1, 0.15) is 44.6 Å². The van der Waals surface area contributed by atoms with Crippen LogP contribution in [0.25, 0.3) is 0 Å². The number of piperidine rings is 1. The molecule has 3 aliphatic rings. The molecule has 4 rings (SSSR count). The van der Waals surface area contributed by atoms with Gasteiger partial charge >= 0.3 is 18.0 Å². The summed E-state index contributed by atoms with van der Waals surface area (Å²) in [5.74, 6) is -0.860. The van der Waals surface area contributed by atoms with Crippen LogP contribution in [-0.4, -0.2) is 94.8 Å². The molecule has 0 unspecified atom stereocenters. The zero-order valence-electron chi connectivity index (χ0n) is 22.7. The van der Waals surface area contributed by atoms with Crippen molar-refractivity contribution in [1.29, 1.82) is 0 Å². The highest BCUT2D eigenvalue weighted by molar-refractivity contribution is 7.99. The second kappa shape index (κ2) is 13.4. The molecule has 11 heteroatoms. The van der Waals surface area contributed by atoms with Crippen LogP contribution in [0.15, 0.2) is 46.8 Å². The van der Waals surface area contributed by atoms with Crippen LogP contribution >= 0.6 is 11.8 Å². The smallest absolute Gasteiger partial charge is 0.334 e. The first-order chi connectivity index (χ1) is 18.7. The fourth-order valence-electron chi connectivity index (χ4n) is 5.82. The number of allylic oxidation sites excluding steroid dienone is 2. The largest absolute Gasteiger partial charge is 0.478 e. The standard InChI is InChI=1S/C28H39N5O5S/c1-18-23(26(34)35)25(24(27(36)37)19(2)30-18)20-5-3-6-21(17-20)31-28(38)29-9-4-10-32-11-7-22(8-12-32)33-13-15-39-16-14-33/h3,5-6,17,22,25,30H,4,7-16H2,1-2H3,(H,34,35)(H,36,37)(H2,29,31,38). The van der Waals surface area contributed by atoms with Crippen molar-refractivity contribution in [2.75, 3.05) is 56.1 Å². The summed E-state index contributed by atoms with van der Waals surface area (Å²) in [6, 6.07) is 7.05. The fourth-order valence-corrected chi connectivity index (χ4v) is 6.75. The number of benzene rings is 1. The minimum absolute atomic E-state index is 0.0291. The number of aliphatic carboxylic acids is 2. The van der Waals surface area contributed by atoms with Crippen molar-refractivity contribution in [3.8, 4) is 0 Å². The zero-order valence-corrected chi connectivity index (χ0v) is 23.5. The van der Waals surface area contributed by atoms with E-state index in [1.54, 1.807) is 38.1 Å².